The molecule has 23 heavy (non-hydrogen) atoms. The largest absolute Gasteiger partial charge is 0.448 e. The number of hydrazine groups is 1. The number of amides is 1. The van der Waals surface area contributed by atoms with E-state index in [9.17, 15) is 4.79 Å². The topological polar surface area (TPSA) is 44.8 Å². The number of nitrogens with one attached hydrogen (secondary N) is 1. The standard InChI is InChI=1S/C15H19Cl2N3O2S/c1-2-22-15(21)20-7-5-3-4-6-19(20)14(23)18-13-9-11(16)8-12(17)10-13/h8-10H,2-7H2,1H3,(H,18,23). The molecule has 0 aromatic heterocycles. The SMILES string of the molecule is CCOC(=O)N1CCCCCN1C(=S)Nc1cc(Cl)cc(Cl)c1. The summed E-state index contributed by atoms with van der Waals surface area (Å²) >= 11 is 17.5. The Morgan fingerprint density at radius 2 is 1.78 bits per heavy atom. The second kappa shape index (κ2) is 8.57. The predicted octanol–water partition coefficient (Wildman–Crippen LogP) is 4.55. The number of carbonyl (C=O) groups is 1. The maximum atomic E-state index is 12.2. The molecule has 0 unspecified atom stereocenters. The van der Waals surface area contributed by atoms with E-state index in [0.717, 1.165) is 19.3 Å². The average molecular weight is 376 g/mol. The number of benzene rings is 1. The summed E-state index contributed by atoms with van der Waals surface area (Å²) in [5.41, 5.74) is 0.681. The minimum atomic E-state index is -0.386. The molecular weight excluding hydrogens is 357 g/mol. The Bertz CT molecular complexity index is 566. The van der Waals surface area contributed by atoms with Crippen LogP contribution >= 0.6 is 35.4 Å². The molecule has 0 atom stereocenters. The van der Waals surface area contributed by atoms with Crippen LogP contribution in [0.1, 0.15) is 26.2 Å². The number of thiocarbonyl (C=S) groups is 1. The fourth-order valence-electron chi connectivity index (χ4n) is 2.35. The van der Waals surface area contributed by atoms with E-state index < -0.39 is 0 Å². The van der Waals surface area contributed by atoms with E-state index >= 15 is 0 Å². The van der Waals surface area contributed by atoms with Crippen LogP contribution in [-0.2, 0) is 4.74 Å². The van der Waals surface area contributed by atoms with Gasteiger partial charge in [-0.3, -0.25) is 5.01 Å². The first-order valence-corrected chi connectivity index (χ1v) is 8.66. The van der Waals surface area contributed by atoms with Crippen molar-refractivity contribution >= 4 is 52.3 Å². The highest BCUT2D eigenvalue weighted by molar-refractivity contribution is 7.80. The molecule has 0 saturated carbocycles. The number of hydrogen-bond acceptors (Lipinski definition) is 3. The van der Waals surface area contributed by atoms with Gasteiger partial charge in [-0.15, -0.1) is 0 Å². The molecule has 8 heteroatoms. The van der Waals surface area contributed by atoms with Gasteiger partial charge in [-0.1, -0.05) is 23.2 Å². The van der Waals surface area contributed by atoms with Crippen molar-refractivity contribution in [3.8, 4) is 0 Å². The highest BCUT2D eigenvalue weighted by Crippen LogP contribution is 2.23. The molecule has 1 aliphatic rings. The molecule has 1 aliphatic heterocycles. The maximum Gasteiger partial charge on any atom is 0.428 e. The van der Waals surface area contributed by atoms with E-state index in [2.05, 4.69) is 5.32 Å². The number of halogens is 2. The zero-order valence-corrected chi connectivity index (χ0v) is 15.2. The first-order valence-electron chi connectivity index (χ1n) is 7.50. The summed E-state index contributed by atoms with van der Waals surface area (Å²) in [4.78, 5) is 12.2. The van der Waals surface area contributed by atoms with Crippen LogP contribution in [-0.4, -0.2) is 40.9 Å². The van der Waals surface area contributed by atoms with Crippen LogP contribution in [0, 0.1) is 0 Å². The summed E-state index contributed by atoms with van der Waals surface area (Å²) in [6.45, 7) is 3.34. The third-order valence-corrected chi connectivity index (χ3v) is 4.11. The van der Waals surface area contributed by atoms with E-state index in [1.165, 1.54) is 0 Å². The molecule has 126 valence electrons. The zero-order chi connectivity index (χ0) is 16.8. The number of rotatable bonds is 2. The second-order valence-electron chi connectivity index (χ2n) is 5.09. The Labute approximate surface area is 151 Å². The van der Waals surface area contributed by atoms with Gasteiger partial charge in [0.25, 0.3) is 0 Å². The lowest BCUT2D eigenvalue weighted by Gasteiger charge is -2.34. The Morgan fingerprint density at radius 3 is 2.39 bits per heavy atom. The number of ether oxygens (including phenoxy) is 1. The first kappa shape index (κ1) is 18.1. The summed E-state index contributed by atoms with van der Waals surface area (Å²) in [5.74, 6) is 0. The summed E-state index contributed by atoms with van der Waals surface area (Å²) in [7, 11) is 0. The average Bonchev–Trinajstić information content (AvgIpc) is 2.72. The van der Waals surface area contributed by atoms with Crippen molar-refractivity contribution in [3.05, 3.63) is 28.2 Å². The van der Waals surface area contributed by atoms with E-state index in [-0.39, 0.29) is 6.09 Å². The summed E-state index contributed by atoms with van der Waals surface area (Å²) in [5, 5.41) is 7.83. The Balaban J connectivity index is 2.14. The van der Waals surface area contributed by atoms with Gasteiger partial charge in [-0.25, -0.2) is 9.80 Å². The summed E-state index contributed by atoms with van der Waals surface area (Å²) in [6.07, 6.45) is 2.52. The quantitative estimate of drug-likeness (QED) is 0.768. The Hall–Kier alpha value is -1.24. The molecule has 1 amide bonds. The molecule has 1 saturated heterocycles. The molecular formula is C15H19Cl2N3O2S. The van der Waals surface area contributed by atoms with Crippen LogP contribution in [0.4, 0.5) is 10.5 Å². The lowest BCUT2D eigenvalue weighted by molar-refractivity contribution is 0.0332. The molecule has 1 aromatic carbocycles. The van der Waals surface area contributed by atoms with E-state index in [1.54, 1.807) is 35.1 Å². The van der Waals surface area contributed by atoms with E-state index in [0.29, 0.717) is 40.5 Å². The number of hydrogen-bond donors (Lipinski definition) is 1. The minimum Gasteiger partial charge on any atom is -0.448 e. The van der Waals surface area contributed by atoms with Crippen LogP contribution in [0.3, 0.4) is 0 Å². The fraction of sp³-hybridized carbons (Fsp3) is 0.467. The summed E-state index contributed by atoms with van der Waals surface area (Å²) < 4.78 is 5.12. The third-order valence-electron chi connectivity index (χ3n) is 3.36. The van der Waals surface area contributed by atoms with E-state index in [4.69, 9.17) is 40.2 Å². The van der Waals surface area contributed by atoms with Crippen LogP contribution in [0.2, 0.25) is 10.0 Å². The van der Waals surface area contributed by atoms with Crippen molar-refractivity contribution < 1.29 is 9.53 Å². The predicted molar refractivity (Wildman–Crippen MR) is 97.0 cm³/mol. The molecule has 0 aliphatic carbocycles. The van der Waals surface area contributed by atoms with Crippen LogP contribution in [0.25, 0.3) is 0 Å². The van der Waals surface area contributed by atoms with Gasteiger partial charge in [0, 0.05) is 28.8 Å². The lowest BCUT2D eigenvalue weighted by atomic mass is 10.2. The number of nitrogens with zero attached hydrogens (tertiary/aromatic N) is 2. The Morgan fingerprint density at radius 1 is 1.17 bits per heavy atom. The molecule has 2 rings (SSSR count). The summed E-state index contributed by atoms with van der Waals surface area (Å²) in [6, 6.07) is 5.10. The van der Waals surface area contributed by atoms with Gasteiger partial charge in [-0.05, 0) is 56.6 Å². The van der Waals surface area contributed by atoms with Gasteiger partial charge in [0.2, 0.25) is 0 Å². The second-order valence-corrected chi connectivity index (χ2v) is 6.35. The van der Waals surface area contributed by atoms with Gasteiger partial charge < -0.3 is 10.1 Å². The molecule has 1 fully saturated rings. The maximum absolute atomic E-state index is 12.2. The first-order chi connectivity index (χ1) is 11.0. The monoisotopic (exact) mass is 375 g/mol. The lowest BCUT2D eigenvalue weighted by Crippen LogP contribution is -2.51. The van der Waals surface area contributed by atoms with Crippen molar-refractivity contribution in [1.82, 2.24) is 10.0 Å². The highest BCUT2D eigenvalue weighted by Gasteiger charge is 2.26. The molecule has 1 N–H and O–H groups in total. The molecule has 1 aromatic rings. The van der Waals surface area contributed by atoms with Gasteiger partial charge in [0.1, 0.15) is 0 Å². The van der Waals surface area contributed by atoms with Crippen LogP contribution < -0.4 is 5.32 Å². The van der Waals surface area contributed by atoms with Crippen LogP contribution in [0.15, 0.2) is 18.2 Å². The smallest absolute Gasteiger partial charge is 0.428 e. The molecule has 0 radical (unpaired) electrons. The minimum absolute atomic E-state index is 0.327. The van der Waals surface area contributed by atoms with Crippen molar-refractivity contribution in [1.29, 1.82) is 0 Å². The van der Waals surface area contributed by atoms with Crippen LogP contribution in [0.5, 0.6) is 0 Å². The van der Waals surface area contributed by atoms with Crippen molar-refractivity contribution in [2.75, 3.05) is 25.0 Å². The Kier molecular flexibility index (Phi) is 6.74. The molecule has 0 spiro atoms. The van der Waals surface area contributed by atoms with Crippen molar-refractivity contribution in [3.63, 3.8) is 0 Å². The third kappa shape index (κ3) is 5.12. The fourth-order valence-corrected chi connectivity index (χ4v) is 3.19. The number of carbonyl (C=O) groups excluding carboxylic acids is 1. The number of anilines is 1. The molecule has 0 bridgehead atoms. The van der Waals surface area contributed by atoms with Gasteiger partial charge in [0.05, 0.1) is 6.61 Å². The normalized spacial score (nSPS) is 15.1. The molecule has 1 heterocycles. The van der Waals surface area contributed by atoms with Crippen molar-refractivity contribution in [2.45, 2.75) is 26.2 Å². The van der Waals surface area contributed by atoms with Gasteiger partial charge in [0.15, 0.2) is 5.11 Å². The van der Waals surface area contributed by atoms with Gasteiger partial charge >= 0.3 is 6.09 Å². The van der Waals surface area contributed by atoms with Crippen molar-refractivity contribution in [2.24, 2.45) is 0 Å². The zero-order valence-electron chi connectivity index (χ0n) is 12.8. The van der Waals surface area contributed by atoms with E-state index in [1.807, 2.05) is 0 Å². The van der Waals surface area contributed by atoms with Gasteiger partial charge in [-0.2, -0.15) is 0 Å². The molecule has 5 nitrogen and oxygen atoms in total. The highest BCUT2D eigenvalue weighted by atomic mass is 35.5.